The number of amides is 1. The molecule has 2 rings (SSSR count). The van der Waals surface area contributed by atoms with E-state index in [1.54, 1.807) is 0 Å². The molecule has 0 unspecified atom stereocenters. The Labute approximate surface area is 103 Å². The minimum absolute atomic E-state index is 0. The van der Waals surface area contributed by atoms with Gasteiger partial charge >= 0.3 is 0 Å². The van der Waals surface area contributed by atoms with Gasteiger partial charge in [0.1, 0.15) is 5.54 Å². The van der Waals surface area contributed by atoms with E-state index >= 15 is 0 Å². The highest BCUT2D eigenvalue weighted by molar-refractivity contribution is 5.91. The van der Waals surface area contributed by atoms with Crippen molar-refractivity contribution in [1.29, 1.82) is 0 Å². The van der Waals surface area contributed by atoms with Gasteiger partial charge in [-0.15, -0.1) is 0 Å². The fraction of sp³-hybridized carbons (Fsp3) is 0.500. The lowest BCUT2D eigenvalue weighted by Gasteiger charge is -2.11. The summed E-state index contributed by atoms with van der Waals surface area (Å²) in [4.78, 5) is 11.8. The maximum absolute atomic E-state index is 11.8. The first-order chi connectivity index (χ1) is 7.68. The second-order valence-corrected chi connectivity index (χ2v) is 4.46. The molecule has 1 aromatic rings. The molecule has 0 aliphatic heterocycles. The van der Waals surface area contributed by atoms with E-state index in [0.717, 1.165) is 18.4 Å². The zero-order valence-electron chi connectivity index (χ0n) is 9.57. The average Bonchev–Trinajstić information content (AvgIpc) is 3.01. The summed E-state index contributed by atoms with van der Waals surface area (Å²) in [6, 6.07) is 10.0. The zero-order valence-corrected chi connectivity index (χ0v) is 9.57. The van der Waals surface area contributed by atoms with E-state index in [1.165, 1.54) is 0 Å². The molecule has 1 aliphatic carbocycles. The minimum atomic E-state index is -0.670. The van der Waals surface area contributed by atoms with Crippen LogP contribution in [-0.4, -0.2) is 18.0 Å². The fourth-order valence-corrected chi connectivity index (χ4v) is 2.03. The van der Waals surface area contributed by atoms with Gasteiger partial charge in [-0.25, -0.2) is 0 Å². The number of hydrogen-bond acceptors (Lipinski definition) is 2. The van der Waals surface area contributed by atoms with Gasteiger partial charge in [0, 0.05) is 12.5 Å². The van der Waals surface area contributed by atoms with Crippen LogP contribution in [0.5, 0.6) is 0 Å². The average molecular weight is 234 g/mol. The lowest BCUT2D eigenvalue weighted by molar-refractivity contribution is -0.123. The maximum Gasteiger partial charge on any atom is 0.240 e. The van der Waals surface area contributed by atoms with Gasteiger partial charge in [0.05, 0.1) is 0 Å². The van der Waals surface area contributed by atoms with Crippen molar-refractivity contribution in [2.75, 3.05) is 6.54 Å². The highest BCUT2D eigenvalue weighted by Gasteiger charge is 2.57. The van der Waals surface area contributed by atoms with Gasteiger partial charge in [-0.05, 0) is 18.4 Å². The van der Waals surface area contributed by atoms with Crippen molar-refractivity contribution in [2.45, 2.75) is 38.6 Å². The number of carbonyl (C=O) groups is 1. The normalized spacial score (nSPS) is 25.9. The first kappa shape index (κ1) is 13.7. The van der Waals surface area contributed by atoms with Crippen LogP contribution in [-0.2, 0) is 4.79 Å². The van der Waals surface area contributed by atoms with Gasteiger partial charge in [-0.1, -0.05) is 44.7 Å². The Bertz CT molecular complexity index is 377. The molecule has 17 heavy (non-hydrogen) atoms. The SMILES string of the molecule is C.CCCNC(=O)[C@]1(N)C[C@@H]1c1ccccc1. The van der Waals surface area contributed by atoms with Crippen molar-refractivity contribution in [2.24, 2.45) is 5.73 Å². The largest absolute Gasteiger partial charge is 0.354 e. The lowest BCUT2D eigenvalue weighted by Crippen LogP contribution is -2.44. The molecule has 2 atom stereocenters. The third-order valence-electron chi connectivity index (χ3n) is 3.16. The molecule has 1 aliphatic rings. The molecule has 0 radical (unpaired) electrons. The summed E-state index contributed by atoms with van der Waals surface area (Å²) >= 11 is 0. The van der Waals surface area contributed by atoms with Crippen molar-refractivity contribution >= 4 is 5.91 Å². The van der Waals surface area contributed by atoms with Crippen LogP contribution in [0.1, 0.15) is 38.7 Å². The third-order valence-corrected chi connectivity index (χ3v) is 3.16. The summed E-state index contributed by atoms with van der Waals surface area (Å²) in [5.41, 5.74) is 6.59. The molecule has 3 heteroatoms. The second kappa shape index (κ2) is 5.32. The number of carbonyl (C=O) groups excluding carboxylic acids is 1. The van der Waals surface area contributed by atoms with Gasteiger partial charge in [0.15, 0.2) is 0 Å². The topological polar surface area (TPSA) is 55.1 Å². The quantitative estimate of drug-likeness (QED) is 0.837. The lowest BCUT2D eigenvalue weighted by atomic mass is 10.1. The molecule has 94 valence electrons. The summed E-state index contributed by atoms with van der Waals surface area (Å²) in [5.74, 6) is 0.175. The van der Waals surface area contributed by atoms with Crippen molar-refractivity contribution in [3.63, 3.8) is 0 Å². The van der Waals surface area contributed by atoms with Crippen LogP contribution in [0.15, 0.2) is 30.3 Å². The predicted octanol–water partition coefficient (Wildman–Crippen LogP) is 2.03. The Morgan fingerprint density at radius 1 is 1.47 bits per heavy atom. The molecule has 1 saturated carbocycles. The maximum atomic E-state index is 11.8. The summed E-state index contributed by atoms with van der Waals surface area (Å²) < 4.78 is 0. The van der Waals surface area contributed by atoms with E-state index in [1.807, 2.05) is 37.3 Å². The van der Waals surface area contributed by atoms with Crippen LogP contribution in [0.2, 0.25) is 0 Å². The van der Waals surface area contributed by atoms with Gasteiger partial charge in [0.25, 0.3) is 0 Å². The molecule has 0 saturated heterocycles. The Hall–Kier alpha value is -1.35. The fourth-order valence-electron chi connectivity index (χ4n) is 2.03. The van der Waals surface area contributed by atoms with E-state index in [0.29, 0.717) is 6.54 Å². The summed E-state index contributed by atoms with van der Waals surface area (Å²) in [6.45, 7) is 2.74. The predicted molar refractivity (Wildman–Crippen MR) is 70.8 cm³/mol. The van der Waals surface area contributed by atoms with Crippen molar-refractivity contribution in [1.82, 2.24) is 5.32 Å². The Balaban J connectivity index is 0.00000144. The van der Waals surface area contributed by atoms with E-state index in [-0.39, 0.29) is 19.3 Å². The minimum Gasteiger partial charge on any atom is -0.354 e. The number of benzene rings is 1. The van der Waals surface area contributed by atoms with Crippen LogP contribution < -0.4 is 11.1 Å². The first-order valence-electron chi connectivity index (χ1n) is 5.80. The molecule has 0 heterocycles. The molecule has 1 aromatic carbocycles. The molecule has 3 nitrogen and oxygen atoms in total. The number of nitrogens with one attached hydrogen (secondary N) is 1. The molecule has 0 spiro atoms. The zero-order chi connectivity index (χ0) is 11.6. The van der Waals surface area contributed by atoms with Crippen LogP contribution in [0.3, 0.4) is 0 Å². The molecule has 3 N–H and O–H groups in total. The molecule has 1 fully saturated rings. The van der Waals surface area contributed by atoms with Crippen molar-refractivity contribution < 1.29 is 4.79 Å². The van der Waals surface area contributed by atoms with Gasteiger partial charge in [-0.3, -0.25) is 4.79 Å². The second-order valence-electron chi connectivity index (χ2n) is 4.46. The monoisotopic (exact) mass is 234 g/mol. The Kier molecular flexibility index (Phi) is 4.29. The van der Waals surface area contributed by atoms with E-state index in [2.05, 4.69) is 5.32 Å². The van der Waals surface area contributed by atoms with Gasteiger partial charge in [-0.2, -0.15) is 0 Å². The van der Waals surface area contributed by atoms with Crippen molar-refractivity contribution in [3.8, 4) is 0 Å². The Morgan fingerprint density at radius 3 is 2.71 bits per heavy atom. The molecular weight excluding hydrogens is 212 g/mol. The van der Waals surface area contributed by atoms with Crippen LogP contribution in [0, 0.1) is 0 Å². The number of hydrogen-bond donors (Lipinski definition) is 2. The molecule has 1 amide bonds. The number of nitrogens with two attached hydrogens (primary N) is 1. The van der Waals surface area contributed by atoms with E-state index < -0.39 is 5.54 Å². The van der Waals surface area contributed by atoms with Crippen LogP contribution in [0.25, 0.3) is 0 Å². The Morgan fingerprint density at radius 2 is 2.12 bits per heavy atom. The molecule has 0 aromatic heterocycles. The van der Waals surface area contributed by atoms with Crippen LogP contribution >= 0.6 is 0 Å². The molecule has 0 bridgehead atoms. The smallest absolute Gasteiger partial charge is 0.240 e. The summed E-state index contributed by atoms with van der Waals surface area (Å²) in [5, 5.41) is 2.87. The van der Waals surface area contributed by atoms with E-state index in [9.17, 15) is 4.79 Å². The van der Waals surface area contributed by atoms with Crippen LogP contribution in [0.4, 0.5) is 0 Å². The number of rotatable bonds is 4. The highest BCUT2D eigenvalue weighted by Crippen LogP contribution is 2.49. The highest BCUT2D eigenvalue weighted by atomic mass is 16.2. The van der Waals surface area contributed by atoms with Gasteiger partial charge < -0.3 is 11.1 Å². The van der Waals surface area contributed by atoms with E-state index in [4.69, 9.17) is 5.73 Å². The van der Waals surface area contributed by atoms with Gasteiger partial charge in [0.2, 0.25) is 5.91 Å². The molecular formula is C14H22N2O. The first-order valence-corrected chi connectivity index (χ1v) is 5.80. The standard InChI is InChI=1S/C13H18N2O.CH4/c1-2-8-15-12(16)13(14)9-11(13)10-6-4-3-5-7-10;/h3-7,11H,2,8-9,14H2,1H3,(H,15,16);1H4/t11-,13+;/m1./s1. The summed E-state index contributed by atoms with van der Waals surface area (Å²) in [7, 11) is 0. The summed E-state index contributed by atoms with van der Waals surface area (Å²) in [6.07, 6.45) is 1.70. The van der Waals surface area contributed by atoms with Crippen molar-refractivity contribution in [3.05, 3.63) is 35.9 Å². The third kappa shape index (κ3) is 2.67.